The highest BCUT2D eigenvalue weighted by Gasteiger charge is 2.25. The summed E-state index contributed by atoms with van der Waals surface area (Å²) in [4.78, 5) is 18.3. The first-order valence-electron chi connectivity index (χ1n) is 8.60. The molecule has 0 aliphatic carbocycles. The van der Waals surface area contributed by atoms with Gasteiger partial charge in [0.1, 0.15) is 11.4 Å². The summed E-state index contributed by atoms with van der Waals surface area (Å²) in [5.41, 5.74) is -0.452. The van der Waals surface area contributed by atoms with Crippen molar-refractivity contribution in [2.75, 3.05) is 26.2 Å². The first-order valence-corrected chi connectivity index (χ1v) is 8.60. The van der Waals surface area contributed by atoms with E-state index in [0.717, 1.165) is 12.4 Å². The molecule has 1 rings (SSSR count). The van der Waals surface area contributed by atoms with Gasteiger partial charge in [0, 0.05) is 13.1 Å². The van der Waals surface area contributed by atoms with Gasteiger partial charge >= 0.3 is 6.09 Å². The van der Waals surface area contributed by atoms with E-state index in [1.807, 2.05) is 20.8 Å². The molecule has 5 heteroatoms. The monoisotopic (exact) mass is 311 g/mol. The zero-order valence-electron chi connectivity index (χ0n) is 14.9. The molecule has 5 nitrogen and oxygen atoms in total. The molecule has 0 radical (unpaired) electrons. The van der Waals surface area contributed by atoms with Crippen LogP contribution in [0.1, 0.15) is 60.3 Å². The molecular formula is C17H33N3O2. The van der Waals surface area contributed by atoms with Gasteiger partial charge in [0.05, 0.1) is 13.1 Å². The van der Waals surface area contributed by atoms with E-state index in [2.05, 4.69) is 24.2 Å². The normalized spacial score (nSPS) is 17.0. The van der Waals surface area contributed by atoms with Crippen molar-refractivity contribution in [1.29, 1.82) is 0 Å². The number of amides is 1. The molecular weight excluding hydrogens is 278 g/mol. The van der Waals surface area contributed by atoms with Crippen molar-refractivity contribution in [3.63, 3.8) is 0 Å². The van der Waals surface area contributed by atoms with Gasteiger partial charge in [-0.25, -0.2) is 4.79 Å². The van der Waals surface area contributed by atoms with Crippen LogP contribution in [0.2, 0.25) is 0 Å². The van der Waals surface area contributed by atoms with Crippen molar-refractivity contribution in [1.82, 2.24) is 10.2 Å². The van der Waals surface area contributed by atoms with Crippen LogP contribution in [0.5, 0.6) is 0 Å². The van der Waals surface area contributed by atoms with Crippen LogP contribution in [0.15, 0.2) is 4.99 Å². The maximum absolute atomic E-state index is 12.1. The number of hydrogen-bond acceptors (Lipinski definition) is 4. The van der Waals surface area contributed by atoms with Crippen molar-refractivity contribution >= 4 is 11.9 Å². The number of nitrogens with zero attached hydrogens (tertiary/aromatic N) is 2. The smallest absolute Gasteiger partial charge is 0.410 e. The van der Waals surface area contributed by atoms with Gasteiger partial charge in [-0.3, -0.25) is 9.89 Å². The third-order valence-electron chi connectivity index (χ3n) is 3.80. The maximum Gasteiger partial charge on any atom is 0.410 e. The Morgan fingerprint density at radius 1 is 1.41 bits per heavy atom. The first kappa shape index (κ1) is 18.8. The number of ether oxygens (including phenoxy) is 1. The van der Waals surface area contributed by atoms with Crippen LogP contribution in [-0.2, 0) is 4.74 Å². The lowest BCUT2D eigenvalue weighted by molar-refractivity contribution is 0.0276. The predicted molar refractivity (Wildman–Crippen MR) is 91.4 cm³/mol. The fourth-order valence-electron chi connectivity index (χ4n) is 2.42. The highest BCUT2D eigenvalue weighted by Crippen LogP contribution is 2.13. The van der Waals surface area contributed by atoms with E-state index < -0.39 is 5.60 Å². The SMILES string of the molecule is CCCCC(CC)CNC1=NCCN(C(=O)OC(C)(C)C)C1. The largest absolute Gasteiger partial charge is 0.444 e. The highest BCUT2D eigenvalue weighted by molar-refractivity contribution is 5.87. The second-order valence-electron chi connectivity index (χ2n) is 7.03. The Kier molecular flexibility index (Phi) is 7.69. The van der Waals surface area contributed by atoms with Crippen LogP contribution in [0.4, 0.5) is 4.79 Å². The number of hydrogen-bond donors (Lipinski definition) is 1. The van der Waals surface area contributed by atoms with Gasteiger partial charge in [0.15, 0.2) is 0 Å². The third kappa shape index (κ3) is 7.14. The van der Waals surface area contributed by atoms with E-state index in [-0.39, 0.29) is 6.09 Å². The summed E-state index contributed by atoms with van der Waals surface area (Å²) >= 11 is 0. The first-order chi connectivity index (χ1) is 10.4. The summed E-state index contributed by atoms with van der Waals surface area (Å²) in [5.74, 6) is 1.59. The van der Waals surface area contributed by atoms with Crippen molar-refractivity contribution < 1.29 is 9.53 Å². The van der Waals surface area contributed by atoms with E-state index >= 15 is 0 Å². The average molecular weight is 311 g/mol. The van der Waals surface area contributed by atoms with Gasteiger partial charge in [-0.05, 0) is 33.1 Å². The Labute approximate surface area is 135 Å². The van der Waals surface area contributed by atoms with Crippen molar-refractivity contribution in [3.05, 3.63) is 0 Å². The number of amidine groups is 1. The van der Waals surface area contributed by atoms with E-state index in [1.54, 1.807) is 4.90 Å². The Hall–Kier alpha value is -1.26. The summed E-state index contributed by atoms with van der Waals surface area (Å²) in [6, 6.07) is 0. The number of carbonyl (C=O) groups is 1. The molecule has 0 aromatic carbocycles. The molecule has 1 heterocycles. The summed E-state index contributed by atoms with van der Waals surface area (Å²) < 4.78 is 5.43. The second kappa shape index (κ2) is 9.01. The minimum absolute atomic E-state index is 0.250. The number of carbonyl (C=O) groups excluding carboxylic acids is 1. The van der Waals surface area contributed by atoms with Crippen LogP contribution in [-0.4, -0.2) is 48.6 Å². The molecule has 1 aliphatic heterocycles. The third-order valence-corrected chi connectivity index (χ3v) is 3.80. The summed E-state index contributed by atoms with van der Waals surface area (Å²) in [6.07, 6.45) is 4.69. The Morgan fingerprint density at radius 3 is 2.73 bits per heavy atom. The lowest BCUT2D eigenvalue weighted by Gasteiger charge is -2.30. The quantitative estimate of drug-likeness (QED) is 0.817. The standard InChI is InChI=1S/C17H33N3O2/c1-6-8-9-14(7-2)12-19-15-13-20(11-10-18-15)16(21)22-17(3,4)5/h14H,6-13H2,1-5H3,(H,18,19). The van der Waals surface area contributed by atoms with Gasteiger partial charge in [-0.15, -0.1) is 0 Å². The molecule has 0 aromatic heterocycles. The van der Waals surface area contributed by atoms with Gasteiger partial charge in [0.25, 0.3) is 0 Å². The molecule has 1 amide bonds. The van der Waals surface area contributed by atoms with Crippen molar-refractivity contribution in [2.45, 2.75) is 65.9 Å². The van der Waals surface area contributed by atoms with Gasteiger partial charge in [-0.1, -0.05) is 33.1 Å². The second-order valence-corrected chi connectivity index (χ2v) is 7.03. The van der Waals surface area contributed by atoms with Crippen LogP contribution >= 0.6 is 0 Å². The predicted octanol–water partition coefficient (Wildman–Crippen LogP) is 3.44. The Morgan fingerprint density at radius 2 is 2.14 bits per heavy atom. The Balaban J connectivity index is 2.42. The molecule has 1 N–H and O–H groups in total. The molecule has 0 bridgehead atoms. The minimum Gasteiger partial charge on any atom is -0.444 e. The van der Waals surface area contributed by atoms with Crippen LogP contribution in [0, 0.1) is 5.92 Å². The van der Waals surface area contributed by atoms with E-state index in [4.69, 9.17) is 4.74 Å². The average Bonchev–Trinajstić information content (AvgIpc) is 2.46. The molecule has 22 heavy (non-hydrogen) atoms. The zero-order chi connectivity index (χ0) is 16.6. The van der Waals surface area contributed by atoms with Gasteiger partial charge in [-0.2, -0.15) is 0 Å². The van der Waals surface area contributed by atoms with E-state index in [0.29, 0.717) is 25.6 Å². The van der Waals surface area contributed by atoms with Crippen LogP contribution < -0.4 is 5.32 Å². The number of rotatable bonds is 6. The molecule has 0 aromatic rings. The molecule has 0 fully saturated rings. The molecule has 1 aliphatic rings. The lowest BCUT2D eigenvalue weighted by Crippen LogP contribution is -2.47. The lowest BCUT2D eigenvalue weighted by atomic mass is 9.99. The summed E-state index contributed by atoms with van der Waals surface area (Å²) in [7, 11) is 0. The highest BCUT2D eigenvalue weighted by atomic mass is 16.6. The molecule has 1 atom stereocenters. The summed E-state index contributed by atoms with van der Waals surface area (Å²) in [5, 5.41) is 3.43. The molecule has 0 saturated carbocycles. The Bertz CT molecular complexity index is 375. The summed E-state index contributed by atoms with van der Waals surface area (Å²) in [6.45, 7) is 12.9. The topological polar surface area (TPSA) is 53.9 Å². The van der Waals surface area contributed by atoms with Crippen LogP contribution in [0.25, 0.3) is 0 Å². The molecule has 0 spiro atoms. The van der Waals surface area contributed by atoms with E-state index in [9.17, 15) is 4.79 Å². The maximum atomic E-state index is 12.1. The zero-order valence-corrected chi connectivity index (χ0v) is 14.9. The fourth-order valence-corrected chi connectivity index (χ4v) is 2.42. The number of nitrogens with one attached hydrogen (secondary N) is 1. The van der Waals surface area contributed by atoms with Gasteiger partial charge < -0.3 is 10.1 Å². The molecule has 128 valence electrons. The molecule has 0 saturated heterocycles. The fraction of sp³-hybridized carbons (Fsp3) is 0.882. The van der Waals surface area contributed by atoms with Gasteiger partial charge in [0.2, 0.25) is 0 Å². The van der Waals surface area contributed by atoms with Crippen molar-refractivity contribution in [2.24, 2.45) is 10.9 Å². The molecule has 1 unspecified atom stereocenters. The number of unbranched alkanes of at least 4 members (excludes halogenated alkanes) is 1. The van der Waals surface area contributed by atoms with Crippen LogP contribution in [0.3, 0.4) is 0 Å². The number of aliphatic imine (C=N–C) groups is 1. The van der Waals surface area contributed by atoms with E-state index in [1.165, 1.54) is 25.7 Å². The van der Waals surface area contributed by atoms with Crippen molar-refractivity contribution in [3.8, 4) is 0 Å². The minimum atomic E-state index is -0.452.